The summed E-state index contributed by atoms with van der Waals surface area (Å²) in [7, 11) is 0. The van der Waals surface area contributed by atoms with E-state index in [9.17, 15) is 18.4 Å². The first-order valence-electron chi connectivity index (χ1n) is 7.28. The third-order valence-corrected chi connectivity index (χ3v) is 4.43. The zero-order chi connectivity index (χ0) is 16.6. The van der Waals surface area contributed by atoms with Crippen LogP contribution in [0.15, 0.2) is 24.3 Å². The number of rotatable bonds is 1. The number of nitrogens with one attached hydrogen (secondary N) is 1. The first-order chi connectivity index (χ1) is 10.9. The predicted octanol–water partition coefficient (Wildman–Crippen LogP) is 5.18. The van der Waals surface area contributed by atoms with Crippen LogP contribution < -0.4 is 0 Å². The van der Waals surface area contributed by atoms with E-state index in [2.05, 4.69) is 4.98 Å². The van der Waals surface area contributed by atoms with Crippen molar-refractivity contribution in [1.82, 2.24) is 4.98 Å². The number of fused-ring (bicyclic) bond motifs is 1. The zero-order valence-corrected chi connectivity index (χ0v) is 12.9. The van der Waals surface area contributed by atoms with Gasteiger partial charge in [0, 0.05) is 11.3 Å². The molecule has 1 aromatic carbocycles. The molecule has 1 heterocycles. The van der Waals surface area contributed by atoms with Gasteiger partial charge in [-0.25, -0.2) is 0 Å². The Balaban J connectivity index is 2.40. The van der Waals surface area contributed by atoms with Crippen molar-refractivity contribution in [3.63, 3.8) is 0 Å². The van der Waals surface area contributed by atoms with Crippen LogP contribution in [-0.4, -0.2) is 4.98 Å². The fourth-order valence-electron chi connectivity index (χ4n) is 3.14. The number of benzene rings is 1. The largest absolute Gasteiger partial charge is 0.417 e. The van der Waals surface area contributed by atoms with Gasteiger partial charge in [0.05, 0.1) is 11.1 Å². The second-order valence-corrected chi connectivity index (χ2v) is 5.93. The minimum absolute atomic E-state index is 0.0369. The van der Waals surface area contributed by atoms with Crippen LogP contribution >= 0.6 is 12.2 Å². The molecule has 23 heavy (non-hydrogen) atoms. The van der Waals surface area contributed by atoms with Crippen molar-refractivity contribution in [1.29, 1.82) is 5.26 Å². The molecule has 2 nitrogen and oxygen atoms in total. The lowest BCUT2D eigenvalue weighted by atomic mass is 9.85. The van der Waals surface area contributed by atoms with Crippen molar-refractivity contribution < 1.29 is 13.2 Å². The van der Waals surface area contributed by atoms with Crippen molar-refractivity contribution in [2.24, 2.45) is 0 Å². The third-order valence-electron chi connectivity index (χ3n) is 4.12. The topological polar surface area (TPSA) is 39.6 Å². The molecule has 6 heteroatoms. The first-order valence-corrected chi connectivity index (χ1v) is 7.69. The average Bonchev–Trinajstić information content (AvgIpc) is 2.52. The molecule has 2 aromatic rings. The van der Waals surface area contributed by atoms with Crippen LogP contribution in [0.3, 0.4) is 0 Å². The lowest BCUT2D eigenvalue weighted by Gasteiger charge is -2.22. The summed E-state index contributed by atoms with van der Waals surface area (Å²) in [6.45, 7) is 0. The highest BCUT2D eigenvalue weighted by atomic mass is 32.1. The molecule has 0 fully saturated rings. The molecule has 0 bridgehead atoms. The van der Waals surface area contributed by atoms with Crippen LogP contribution in [0.1, 0.15) is 35.2 Å². The van der Waals surface area contributed by atoms with Crippen LogP contribution in [-0.2, 0) is 19.0 Å². The van der Waals surface area contributed by atoms with E-state index in [0.29, 0.717) is 12.0 Å². The lowest BCUT2D eigenvalue weighted by molar-refractivity contribution is -0.137. The van der Waals surface area contributed by atoms with Crippen molar-refractivity contribution in [2.45, 2.75) is 31.9 Å². The maximum atomic E-state index is 13.4. The van der Waals surface area contributed by atoms with Gasteiger partial charge in [-0.1, -0.05) is 30.4 Å². The van der Waals surface area contributed by atoms with Gasteiger partial charge < -0.3 is 4.98 Å². The summed E-state index contributed by atoms with van der Waals surface area (Å²) in [6.07, 6.45) is -1.23. The predicted molar refractivity (Wildman–Crippen MR) is 83.4 cm³/mol. The monoisotopic (exact) mass is 334 g/mol. The van der Waals surface area contributed by atoms with E-state index in [-0.39, 0.29) is 15.8 Å². The van der Waals surface area contributed by atoms with Gasteiger partial charge in [0.25, 0.3) is 0 Å². The number of H-pyrrole nitrogens is 1. The Labute approximate surface area is 136 Å². The highest BCUT2D eigenvalue weighted by molar-refractivity contribution is 7.71. The van der Waals surface area contributed by atoms with Crippen molar-refractivity contribution in [2.75, 3.05) is 0 Å². The van der Waals surface area contributed by atoms with Crippen LogP contribution in [0.4, 0.5) is 13.2 Å². The van der Waals surface area contributed by atoms with Crippen LogP contribution in [0.25, 0.3) is 11.1 Å². The third kappa shape index (κ3) is 2.77. The van der Waals surface area contributed by atoms with Crippen molar-refractivity contribution in [3.05, 3.63) is 51.3 Å². The molecule has 0 radical (unpaired) electrons. The van der Waals surface area contributed by atoms with Gasteiger partial charge in [-0.3, -0.25) is 0 Å². The molecule has 1 aliphatic rings. The van der Waals surface area contributed by atoms with Gasteiger partial charge in [-0.2, -0.15) is 18.4 Å². The fraction of sp³-hybridized carbons (Fsp3) is 0.294. The summed E-state index contributed by atoms with van der Waals surface area (Å²) in [6, 6.07) is 7.37. The number of alkyl halides is 3. The summed E-state index contributed by atoms with van der Waals surface area (Å²) in [5, 5.41) is 9.44. The molecule has 3 rings (SSSR count). The molecular formula is C17H13F3N2S. The van der Waals surface area contributed by atoms with Crippen molar-refractivity contribution in [3.8, 4) is 17.2 Å². The Kier molecular flexibility index (Phi) is 3.99. The lowest BCUT2D eigenvalue weighted by Crippen LogP contribution is -2.12. The minimum Gasteiger partial charge on any atom is -0.349 e. The highest BCUT2D eigenvalue weighted by Gasteiger charge is 2.35. The SMILES string of the molecule is N#Cc1c(-c2ccccc2C(F)(F)F)c2c([nH]c1=S)CCCC2. The van der Waals surface area contributed by atoms with Gasteiger partial charge in [-0.15, -0.1) is 0 Å². The molecule has 0 atom stereocenters. The number of aryl methyl sites for hydroxylation is 1. The summed E-state index contributed by atoms with van der Waals surface area (Å²) in [4.78, 5) is 3.03. The van der Waals surface area contributed by atoms with E-state index in [1.807, 2.05) is 6.07 Å². The van der Waals surface area contributed by atoms with E-state index in [1.165, 1.54) is 12.1 Å². The van der Waals surface area contributed by atoms with Crippen molar-refractivity contribution >= 4 is 12.2 Å². The molecule has 1 aromatic heterocycles. The summed E-state index contributed by atoms with van der Waals surface area (Å²) < 4.78 is 40.4. The minimum atomic E-state index is -4.48. The van der Waals surface area contributed by atoms with E-state index in [4.69, 9.17) is 12.2 Å². The normalized spacial score (nSPS) is 14.2. The standard InChI is InChI=1S/C17H13F3N2S/c18-17(19,20)13-7-3-1-5-10(13)15-11-6-2-4-8-14(11)22-16(23)12(15)9-21/h1,3,5,7H,2,4,6,8H2,(H,22,23). The zero-order valence-electron chi connectivity index (χ0n) is 12.1. The van der Waals surface area contributed by atoms with Crippen LogP contribution in [0.5, 0.6) is 0 Å². The number of aromatic nitrogens is 1. The molecule has 0 aliphatic heterocycles. The molecule has 118 valence electrons. The Morgan fingerprint density at radius 3 is 2.52 bits per heavy atom. The van der Waals surface area contributed by atoms with Gasteiger partial charge in [-0.05, 0) is 42.9 Å². The number of nitriles is 1. The number of hydrogen-bond donors (Lipinski definition) is 1. The van der Waals surface area contributed by atoms with Crippen LogP contribution in [0, 0.1) is 16.0 Å². The van der Waals surface area contributed by atoms with Gasteiger partial charge in [0.1, 0.15) is 10.7 Å². The highest BCUT2D eigenvalue weighted by Crippen LogP contribution is 2.41. The molecule has 0 amide bonds. The summed E-state index contributed by atoms with van der Waals surface area (Å²) in [5.74, 6) is 0. The van der Waals surface area contributed by atoms with E-state index in [1.54, 1.807) is 6.07 Å². The summed E-state index contributed by atoms with van der Waals surface area (Å²) >= 11 is 5.20. The smallest absolute Gasteiger partial charge is 0.349 e. The maximum absolute atomic E-state index is 13.4. The van der Waals surface area contributed by atoms with E-state index in [0.717, 1.165) is 36.6 Å². The molecule has 0 unspecified atom stereocenters. The average molecular weight is 334 g/mol. The Bertz CT molecular complexity index is 860. The number of hydrogen-bond acceptors (Lipinski definition) is 2. The Morgan fingerprint density at radius 2 is 1.83 bits per heavy atom. The number of aromatic amines is 1. The summed E-state index contributed by atoms with van der Waals surface area (Å²) in [5.41, 5.74) is 1.42. The van der Waals surface area contributed by atoms with Gasteiger partial charge in [0.2, 0.25) is 0 Å². The fourth-order valence-corrected chi connectivity index (χ4v) is 3.41. The molecule has 1 N–H and O–H groups in total. The van der Waals surface area contributed by atoms with Gasteiger partial charge >= 0.3 is 6.18 Å². The second kappa shape index (κ2) is 5.82. The van der Waals surface area contributed by atoms with E-state index < -0.39 is 11.7 Å². The van der Waals surface area contributed by atoms with E-state index >= 15 is 0 Å². The molecule has 0 spiro atoms. The maximum Gasteiger partial charge on any atom is 0.417 e. The molecule has 0 saturated carbocycles. The van der Waals surface area contributed by atoms with Crippen LogP contribution in [0.2, 0.25) is 0 Å². The second-order valence-electron chi connectivity index (χ2n) is 5.52. The molecular weight excluding hydrogens is 321 g/mol. The molecule has 0 saturated heterocycles. The quantitative estimate of drug-likeness (QED) is 0.730. The number of halogens is 3. The first kappa shape index (κ1) is 15.8. The Morgan fingerprint density at radius 1 is 1.13 bits per heavy atom. The number of pyridine rings is 1. The number of nitrogens with zero attached hydrogens (tertiary/aromatic N) is 1. The Hall–Kier alpha value is -2.13. The molecule has 1 aliphatic carbocycles. The van der Waals surface area contributed by atoms with Gasteiger partial charge in [0.15, 0.2) is 0 Å².